The van der Waals surface area contributed by atoms with E-state index < -0.39 is 12.0 Å². The Balaban J connectivity index is 1.40. The number of quaternary nitrogens is 1. The summed E-state index contributed by atoms with van der Waals surface area (Å²) < 4.78 is 32.4. The number of hydrogen-bond donors (Lipinski definition) is 2. The number of alkyl halides is 2. The fraction of sp³-hybridized carbons (Fsp3) is 0.484. The number of aliphatic hydroxyl groups is 1. The van der Waals surface area contributed by atoms with Crippen LogP contribution in [0.3, 0.4) is 0 Å². The number of carbonyl (C=O) groups is 1. The number of aromatic nitrogens is 3. The van der Waals surface area contributed by atoms with Gasteiger partial charge in [-0.1, -0.05) is 0 Å². The normalized spacial score (nSPS) is 19.0. The summed E-state index contributed by atoms with van der Waals surface area (Å²) in [7, 11) is 6.19. The van der Waals surface area contributed by atoms with E-state index in [1.54, 1.807) is 13.1 Å². The summed E-state index contributed by atoms with van der Waals surface area (Å²) >= 11 is 0. The van der Waals surface area contributed by atoms with Crippen molar-refractivity contribution in [3.05, 3.63) is 65.6 Å². The minimum Gasteiger partial charge on any atom is -0.459 e. The van der Waals surface area contributed by atoms with Crippen molar-refractivity contribution in [2.24, 2.45) is 11.8 Å². The van der Waals surface area contributed by atoms with Crippen LogP contribution in [0.5, 0.6) is 0 Å². The molecule has 1 atom stereocenters. The highest BCUT2D eigenvalue weighted by Crippen LogP contribution is 2.41. The van der Waals surface area contributed by atoms with E-state index in [9.17, 15) is 18.7 Å². The number of esters is 1. The number of halogens is 2. The number of pyridine rings is 3. The number of nitrogens with zero attached hydrogens (tertiary/aromatic N) is 4. The second-order valence-corrected chi connectivity index (χ2v) is 12.1. The fourth-order valence-corrected chi connectivity index (χ4v) is 5.14. The van der Waals surface area contributed by atoms with Crippen LogP contribution in [0.25, 0.3) is 11.3 Å². The van der Waals surface area contributed by atoms with Crippen LogP contribution < -0.4 is 5.32 Å². The first-order chi connectivity index (χ1) is 19.3. The van der Waals surface area contributed by atoms with Gasteiger partial charge in [-0.15, -0.1) is 0 Å². The Kier molecular flexibility index (Phi) is 9.34. The lowest BCUT2D eigenvalue weighted by molar-refractivity contribution is -0.870. The molecular formula is C31H40F2N5O3+. The molecule has 0 spiro atoms. The lowest BCUT2D eigenvalue weighted by Crippen LogP contribution is -2.39. The molecule has 1 fully saturated rings. The van der Waals surface area contributed by atoms with Gasteiger partial charge in [0.1, 0.15) is 30.4 Å². The Bertz CT molecular complexity index is 1330. The van der Waals surface area contributed by atoms with Crippen molar-refractivity contribution in [1.29, 1.82) is 0 Å². The first-order valence-electron chi connectivity index (χ1n) is 14.0. The maximum atomic E-state index is 13.1. The highest BCUT2D eigenvalue weighted by atomic mass is 19.3. The zero-order valence-corrected chi connectivity index (χ0v) is 24.4. The molecule has 0 saturated heterocycles. The van der Waals surface area contributed by atoms with Gasteiger partial charge in [0.2, 0.25) is 0 Å². The summed E-state index contributed by atoms with van der Waals surface area (Å²) in [5, 5.41) is 14.5. The average Bonchev–Trinajstić information content (AvgIpc) is 2.92. The van der Waals surface area contributed by atoms with Gasteiger partial charge in [0.25, 0.3) is 6.43 Å². The van der Waals surface area contributed by atoms with Crippen molar-refractivity contribution in [1.82, 2.24) is 15.0 Å². The number of rotatable bonds is 10. The Morgan fingerprint density at radius 1 is 1.10 bits per heavy atom. The molecule has 4 rings (SSSR count). The van der Waals surface area contributed by atoms with Crippen molar-refractivity contribution in [3.8, 4) is 11.3 Å². The summed E-state index contributed by atoms with van der Waals surface area (Å²) in [5.41, 5.74) is 1.63. The molecule has 1 saturated carbocycles. The highest BCUT2D eigenvalue weighted by molar-refractivity contribution is 5.72. The van der Waals surface area contributed by atoms with Gasteiger partial charge >= 0.3 is 5.97 Å². The van der Waals surface area contributed by atoms with Gasteiger partial charge in [-0.25, -0.2) is 18.7 Å². The maximum absolute atomic E-state index is 13.1. The van der Waals surface area contributed by atoms with E-state index >= 15 is 0 Å². The molecule has 1 aliphatic carbocycles. The van der Waals surface area contributed by atoms with Gasteiger partial charge in [0.05, 0.1) is 38.4 Å². The third kappa shape index (κ3) is 8.04. The molecule has 3 aromatic heterocycles. The van der Waals surface area contributed by atoms with E-state index in [1.807, 2.05) is 31.2 Å². The van der Waals surface area contributed by atoms with Crippen LogP contribution in [0.4, 0.5) is 20.4 Å². The molecule has 1 aliphatic rings. The van der Waals surface area contributed by atoms with Crippen molar-refractivity contribution < 1.29 is 27.9 Å². The predicted molar refractivity (Wildman–Crippen MR) is 154 cm³/mol. The molecule has 10 heteroatoms. The van der Waals surface area contributed by atoms with Crippen LogP contribution in [0.15, 0.2) is 48.8 Å². The first kappa shape index (κ1) is 30.5. The number of hydrogen-bond acceptors (Lipinski definition) is 7. The second kappa shape index (κ2) is 12.6. The first-order valence-corrected chi connectivity index (χ1v) is 14.0. The van der Waals surface area contributed by atoms with Crippen molar-refractivity contribution in [2.75, 3.05) is 39.6 Å². The predicted octanol–water partition coefficient (Wildman–Crippen LogP) is 5.79. The topological polar surface area (TPSA) is 97.2 Å². The van der Waals surface area contributed by atoms with E-state index in [0.717, 1.165) is 22.2 Å². The highest BCUT2D eigenvalue weighted by Gasteiger charge is 2.39. The molecule has 0 aromatic carbocycles. The van der Waals surface area contributed by atoms with Crippen LogP contribution in [-0.2, 0) is 15.1 Å². The Labute approximate surface area is 240 Å². The molecule has 0 amide bonds. The summed E-state index contributed by atoms with van der Waals surface area (Å²) in [5.74, 6) is 0.455. The lowest BCUT2D eigenvalue weighted by Gasteiger charge is -2.37. The van der Waals surface area contributed by atoms with Crippen LogP contribution >= 0.6 is 0 Å². The minimum atomic E-state index is -2.59. The third-order valence-electron chi connectivity index (χ3n) is 7.70. The van der Waals surface area contributed by atoms with Gasteiger partial charge in [0, 0.05) is 23.5 Å². The van der Waals surface area contributed by atoms with Gasteiger partial charge in [0.15, 0.2) is 0 Å². The molecule has 0 unspecified atom stereocenters. The SMILES string of the molecule is Cc1cc(Nc2cc(C(F)F)ccn2)nc(-c2ccc([C@](C)(O)C3CCC(C(=O)OCC[N+](C)(C)C)CC3)nc2)c1. The number of anilines is 2. The second-order valence-electron chi connectivity index (χ2n) is 12.1. The molecule has 41 heavy (non-hydrogen) atoms. The van der Waals surface area contributed by atoms with Crippen LogP contribution in [0.2, 0.25) is 0 Å². The number of ether oxygens (including phenoxy) is 1. The summed E-state index contributed by atoms with van der Waals surface area (Å²) in [6, 6.07) is 9.98. The molecule has 8 nitrogen and oxygen atoms in total. The van der Waals surface area contributed by atoms with Crippen molar-refractivity contribution in [3.63, 3.8) is 0 Å². The number of nitrogens with one attached hydrogen (secondary N) is 1. The third-order valence-corrected chi connectivity index (χ3v) is 7.70. The monoisotopic (exact) mass is 568 g/mol. The van der Waals surface area contributed by atoms with E-state index in [0.29, 0.717) is 49.5 Å². The van der Waals surface area contributed by atoms with Gasteiger partial charge < -0.3 is 19.6 Å². The molecule has 220 valence electrons. The number of likely N-dealkylation sites (N-methyl/N-ethyl adjacent to an activating group) is 1. The molecule has 0 bridgehead atoms. The molecule has 3 heterocycles. The smallest absolute Gasteiger partial charge is 0.309 e. The van der Waals surface area contributed by atoms with E-state index in [4.69, 9.17) is 4.74 Å². The zero-order valence-electron chi connectivity index (χ0n) is 24.4. The largest absolute Gasteiger partial charge is 0.459 e. The summed E-state index contributed by atoms with van der Waals surface area (Å²) in [4.78, 5) is 25.9. The van der Waals surface area contributed by atoms with Gasteiger partial charge in [-0.05, 0) is 87.4 Å². The summed E-state index contributed by atoms with van der Waals surface area (Å²) in [6.07, 6.45) is 3.21. The number of carbonyl (C=O) groups excluding carboxylic acids is 1. The Morgan fingerprint density at radius 2 is 1.83 bits per heavy atom. The quantitative estimate of drug-likeness (QED) is 0.236. The van der Waals surface area contributed by atoms with E-state index in [-0.39, 0.29) is 29.2 Å². The Hall–Kier alpha value is -3.50. The minimum absolute atomic E-state index is 0.0273. The molecule has 0 radical (unpaired) electrons. The lowest BCUT2D eigenvalue weighted by atomic mass is 9.73. The molecule has 0 aliphatic heterocycles. The molecule has 2 N–H and O–H groups in total. The van der Waals surface area contributed by atoms with E-state index in [2.05, 4.69) is 41.4 Å². The average molecular weight is 569 g/mol. The van der Waals surface area contributed by atoms with Gasteiger partial charge in [-0.3, -0.25) is 9.78 Å². The molecule has 3 aromatic rings. The maximum Gasteiger partial charge on any atom is 0.309 e. The van der Waals surface area contributed by atoms with E-state index in [1.165, 1.54) is 18.3 Å². The van der Waals surface area contributed by atoms with Crippen LogP contribution in [-0.4, -0.2) is 64.8 Å². The zero-order chi connectivity index (χ0) is 29.8. The summed E-state index contributed by atoms with van der Waals surface area (Å²) in [6.45, 7) is 4.88. The molecular weight excluding hydrogens is 528 g/mol. The van der Waals surface area contributed by atoms with Crippen LogP contribution in [0.1, 0.15) is 55.9 Å². The van der Waals surface area contributed by atoms with Crippen LogP contribution in [0, 0.1) is 18.8 Å². The Morgan fingerprint density at radius 3 is 2.46 bits per heavy atom. The van der Waals surface area contributed by atoms with Crippen molar-refractivity contribution in [2.45, 2.75) is 51.6 Å². The standard InChI is InChI=1S/C31H40F2N5O3/c1-20-16-25(36-28(17-20)37-27-18-22(29(32)33)12-13-34-27)23-8-11-26(35-19-23)31(2,40)24-9-6-21(7-10-24)30(39)41-15-14-38(3,4)5/h8,11-13,16-19,21,24,29,40H,6-7,9-10,14-15H2,1-5H3,(H,34,36,37)/q+1/t21?,24?,31-/m1/s1. The van der Waals surface area contributed by atoms with Crippen molar-refractivity contribution >= 4 is 17.6 Å². The fourth-order valence-electron chi connectivity index (χ4n) is 5.14. The van der Waals surface area contributed by atoms with Gasteiger partial charge in [-0.2, -0.15) is 0 Å². The number of aryl methyl sites for hydroxylation is 1.